The predicted molar refractivity (Wildman–Crippen MR) is 34.8 cm³/mol. The summed E-state index contributed by atoms with van der Waals surface area (Å²) in [6.07, 6.45) is 1.92. The number of nitrogens with one attached hydrogen (secondary N) is 1. The number of hydrogen-bond acceptors (Lipinski definition) is 4. The SMILES string of the molecule is CC=CSc1nn[nH]n1. The number of rotatable bonds is 2. The minimum atomic E-state index is 0.646. The lowest BCUT2D eigenvalue weighted by atomic mass is 10.8. The number of aromatic nitrogens is 4. The lowest BCUT2D eigenvalue weighted by Gasteiger charge is -1.77. The van der Waals surface area contributed by atoms with Crippen LogP contribution in [0.4, 0.5) is 0 Å². The zero-order valence-corrected chi connectivity index (χ0v) is 5.72. The van der Waals surface area contributed by atoms with Crippen LogP contribution in [0.15, 0.2) is 16.6 Å². The van der Waals surface area contributed by atoms with Gasteiger partial charge >= 0.3 is 0 Å². The third-order valence-corrected chi connectivity index (χ3v) is 1.43. The van der Waals surface area contributed by atoms with Crippen LogP contribution in [0.2, 0.25) is 0 Å². The molecule has 0 aliphatic heterocycles. The Hall–Kier alpha value is -0.840. The number of allylic oxidation sites excluding steroid dienone is 1. The lowest BCUT2D eigenvalue weighted by Crippen LogP contribution is -1.68. The van der Waals surface area contributed by atoms with Crippen LogP contribution < -0.4 is 0 Å². The Morgan fingerprint density at radius 3 is 3.11 bits per heavy atom. The molecule has 5 heteroatoms. The molecule has 0 radical (unpaired) electrons. The standard InChI is InChI=1S/C4H6N4S/c1-2-3-9-4-5-7-8-6-4/h2-3H,1H3,(H,5,6,7,8). The molecule has 0 saturated heterocycles. The molecule has 4 nitrogen and oxygen atoms in total. The molecular weight excluding hydrogens is 136 g/mol. The molecule has 0 spiro atoms. The van der Waals surface area contributed by atoms with Crippen LogP contribution in [0.1, 0.15) is 6.92 Å². The maximum absolute atomic E-state index is 3.72. The van der Waals surface area contributed by atoms with Crippen LogP contribution in [-0.2, 0) is 0 Å². The minimum Gasteiger partial charge on any atom is -0.176 e. The summed E-state index contributed by atoms with van der Waals surface area (Å²) in [4.78, 5) is 0. The van der Waals surface area contributed by atoms with Gasteiger partial charge in [0.1, 0.15) is 0 Å². The summed E-state index contributed by atoms with van der Waals surface area (Å²) >= 11 is 1.43. The molecular formula is C4H6N4S. The molecule has 0 saturated carbocycles. The Balaban J connectivity index is 2.48. The average Bonchev–Trinajstić information content (AvgIpc) is 2.34. The molecule has 0 fully saturated rings. The fourth-order valence-corrected chi connectivity index (χ4v) is 0.771. The first-order valence-electron chi connectivity index (χ1n) is 2.44. The van der Waals surface area contributed by atoms with E-state index in [-0.39, 0.29) is 0 Å². The topological polar surface area (TPSA) is 54.5 Å². The molecule has 1 N–H and O–H groups in total. The number of thioether (sulfide) groups is 1. The highest BCUT2D eigenvalue weighted by Gasteiger charge is 1.91. The van der Waals surface area contributed by atoms with Crippen molar-refractivity contribution < 1.29 is 0 Å². The van der Waals surface area contributed by atoms with E-state index in [1.165, 1.54) is 11.8 Å². The van der Waals surface area contributed by atoms with E-state index >= 15 is 0 Å². The predicted octanol–water partition coefficient (Wildman–Crippen LogP) is 0.825. The van der Waals surface area contributed by atoms with Gasteiger partial charge in [-0.05, 0) is 17.5 Å². The monoisotopic (exact) mass is 142 g/mol. The van der Waals surface area contributed by atoms with Crippen molar-refractivity contribution in [3.8, 4) is 0 Å². The molecule has 0 unspecified atom stereocenters. The van der Waals surface area contributed by atoms with E-state index < -0.39 is 0 Å². The summed E-state index contributed by atoms with van der Waals surface area (Å²) in [5.41, 5.74) is 0. The van der Waals surface area contributed by atoms with Gasteiger partial charge in [0, 0.05) is 0 Å². The first kappa shape index (κ1) is 6.28. The third kappa shape index (κ3) is 1.85. The molecule has 1 rings (SSSR count). The van der Waals surface area contributed by atoms with E-state index in [1.807, 2.05) is 18.4 Å². The summed E-state index contributed by atoms with van der Waals surface area (Å²) < 4.78 is 0. The van der Waals surface area contributed by atoms with Crippen LogP contribution in [0.3, 0.4) is 0 Å². The van der Waals surface area contributed by atoms with Crippen molar-refractivity contribution in [2.24, 2.45) is 0 Å². The second kappa shape index (κ2) is 3.24. The number of H-pyrrole nitrogens is 1. The van der Waals surface area contributed by atoms with Crippen molar-refractivity contribution in [3.05, 3.63) is 11.5 Å². The first-order valence-corrected chi connectivity index (χ1v) is 3.32. The largest absolute Gasteiger partial charge is 0.235 e. The highest BCUT2D eigenvalue weighted by Crippen LogP contribution is 2.09. The van der Waals surface area contributed by atoms with E-state index in [1.54, 1.807) is 0 Å². The fourth-order valence-electron chi connectivity index (χ4n) is 0.331. The Morgan fingerprint density at radius 2 is 2.56 bits per heavy atom. The Kier molecular flexibility index (Phi) is 2.26. The van der Waals surface area contributed by atoms with Crippen molar-refractivity contribution >= 4 is 11.8 Å². The number of aromatic amines is 1. The Labute approximate surface area is 56.7 Å². The van der Waals surface area contributed by atoms with Gasteiger partial charge in [-0.2, -0.15) is 5.21 Å². The van der Waals surface area contributed by atoms with Gasteiger partial charge < -0.3 is 0 Å². The summed E-state index contributed by atoms with van der Waals surface area (Å²) in [6, 6.07) is 0. The Morgan fingerprint density at radius 1 is 1.67 bits per heavy atom. The van der Waals surface area contributed by atoms with E-state index in [4.69, 9.17) is 0 Å². The second-order valence-corrected chi connectivity index (χ2v) is 2.15. The van der Waals surface area contributed by atoms with Gasteiger partial charge in [0.05, 0.1) is 0 Å². The maximum atomic E-state index is 3.72. The number of hydrogen-bond donors (Lipinski definition) is 1. The third-order valence-electron chi connectivity index (χ3n) is 0.635. The molecule has 48 valence electrons. The molecule has 0 aliphatic carbocycles. The van der Waals surface area contributed by atoms with E-state index in [9.17, 15) is 0 Å². The van der Waals surface area contributed by atoms with Crippen LogP contribution in [-0.4, -0.2) is 20.6 Å². The smallest absolute Gasteiger partial charge is 0.176 e. The number of nitrogens with zero attached hydrogens (tertiary/aromatic N) is 3. The van der Waals surface area contributed by atoms with Gasteiger partial charge in [0.15, 0.2) is 0 Å². The van der Waals surface area contributed by atoms with Crippen LogP contribution in [0, 0.1) is 0 Å². The minimum absolute atomic E-state index is 0.646. The summed E-state index contributed by atoms with van der Waals surface area (Å²) in [5.74, 6) is 0. The molecule has 0 aliphatic rings. The summed E-state index contributed by atoms with van der Waals surface area (Å²) in [7, 11) is 0. The van der Waals surface area contributed by atoms with Gasteiger partial charge in [0.2, 0.25) is 5.16 Å². The second-order valence-electron chi connectivity index (χ2n) is 1.28. The fraction of sp³-hybridized carbons (Fsp3) is 0.250. The molecule has 1 heterocycles. The average molecular weight is 142 g/mol. The van der Waals surface area contributed by atoms with Crippen LogP contribution >= 0.6 is 11.8 Å². The highest BCUT2D eigenvalue weighted by atomic mass is 32.2. The molecule has 0 aromatic carbocycles. The van der Waals surface area contributed by atoms with E-state index in [0.29, 0.717) is 5.16 Å². The zero-order valence-electron chi connectivity index (χ0n) is 4.90. The van der Waals surface area contributed by atoms with Crippen molar-refractivity contribution in [2.75, 3.05) is 0 Å². The van der Waals surface area contributed by atoms with Crippen molar-refractivity contribution in [1.82, 2.24) is 20.6 Å². The quantitative estimate of drug-likeness (QED) is 0.621. The van der Waals surface area contributed by atoms with Gasteiger partial charge in [-0.25, -0.2) is 0 Å². The van der Waals surface area contributed by atoms with Crippen LogP contribution in [0.25, 0.3) is 0 Å². The van der Waals surface area contributed by atoms with Gasteiger partial charge in [-0.1, -0.05) is 17.8 Å². The van der Waals surface area contributed by atoms with Crippen molar-refractivity contribution in [3.63, 3.8) is 0 Å². The normalized spacial score (nSPS) is 10.8. The van der Waals surface area contributed by atoms with Gasteiger partial charge in [0.25, 0.3) is 0 Å². The molecule has 1 aromatic rings. The van der Waals surface area contributed by atoms with E-state index in [0.717, 1.165) is 0 Å². The molecule has 9 heavy (non-hydrogen) atoms. The van der Waals surface area contributed by atoms with Crippen LogP contribution in [0.5, 0.6) is 0 Å². The van der Waals surface area contributed by atoms with Gasteiger partial charge in [-0.3, -0.25) is 0 Å². The van der Waals surface area contributed by atoms with E-state index in [2.05, 4.69) is 20.6 Å². The zero-order chi connectivity index (χ0) is 6.53. The first-order chi connectivity index (χ1) is 4.43. The molecule has 1 aromatic heterocycles. The maximum Gasteiger partial charge on any atom is 0.235 e. The summed E-state index contributed by atoms with van der Waals surface area (Å²) in [5, 5.41) is 15.7. The Bertz CT molecular complexity index is 180. The summed E-state index contributed by atoms with van der Waals surface area (Å²) in [6.45, 7) is 1.94. The molecule has 0 atom stereocenters. The molecule has 0 bridgehead atoms. The molecule has 0 amide bonds. The number of tetrazole rings is 1. The lowest BCUT2D eigenvalue weighted by molar-refractivity contribution is 0.881. The van der Waals surface area contributed by atoms with Crippen molar-refractivity contribution in [2.45, 2.75) is 12.1 Å². The highest BCUT2D eigenvalue weighted by molar-refractivity contribution is 8.02. The van der Waals surface area contributed by atoms with Crippen molar-refractivity contribution in [1.29, 1.82) is 0 Å². The van der Waals surface area contributed by atoms with Gasteiger partial charge in [-0.15, -0.1) is 10.2 Å².